The van der Waals surface area contributed by atoms with E-state index in [4.69, 9.17) is 0 Å². The first-order valence-electron chi connectivity index (χ1n) is 6.87. The van der Waals surface area contributed by atoms with E-state index in [1.807, 2.05) is 0 Å². The zero-order chi connectivity index (χ0) is 12.1. The highest BCUT2D eigenvalue weighted by molar-refractivity contribution is 6.84. The lowest BCUT2D eigenvalue weighted by Crippen LogP contribution is -2.39. The van der Waals surface area contributed by atoms with Gasteiger partial charge in [-0.15, -0.1) is 0 Å². The van der Waals surface area contributed by atoms with Crippen LogP contribution >= 0.6 is 0 Å². The molecule has 0 amide bonds. The molecule has 0 heterocycles. The van der Waals surface area contributed by atoms with Gasteiger partial charge in [-0.3, -0.25) is 0 Å². The molecule has 0 rings (SSSR count). The summed E-state index contributed by atoms with van der Waals surface area (Å²) in [5, 5.41) is 0. The Morgan fingerprint density at radius 3 is 1.47 bits per heavy atom. The highest BCUT2D eigenvalue weighted by Gasteiger charge is 2.35. The van der Waals surface area contributed by atoms with Gasteiger partial charge in [0, 0.05) is 8.07 Å². The maximum atomic E-state index is 2.62. The standard InChI is InChI=1S/C13H32Si2/c1-8-14(6,9-2)12-13(5)15(7,10-3)11-4/h13H,8-12H2,1-7H3. The minimum absolute atomic E-state index is 0.868. The predicted octanol–water partition coefficient (Wildman–Crippen LogP) is 5.61. The van der Waals surface area contributed by atoms with Crippen molar-refractivity contribution in [3.8, 4) is 0 Å². The molecule has 92 valence electrons. The van der Waals surface area contributed by atoms with Crippen LogP contribution in [0.4, 0.5) is 0 Å². The Bertz CT molecular complexity index is 169. The van der Waals surface area contributed by atoms with Gasteiger partial charge in [0.15, 0.2) is 0 Å². The maximum absolute atomic E-state index is 2.62. The fourth-order valence-electron chi connectivity index (χ4n) is 2.47. The van der Waals surface area contributed by atoms with E-state index >= 15 is 0 Å². The Kier molecular flexibility index (Phi) is 6.42. The molecule has 0 saturated carbocycles. The van der Waals surface area contributed by atoms with Gasteiger partial charge in [-0.1, -0.05) is 83.5 Å². The Morgan fingerprint density at radius 1 is 0.800 bits per heavy atom. The van der Waals surface area contributed by atoms with Crippen molar-refractivity contribution in [2.75, 3.05) is 0 Å². The van der Waals surface area contributed by atoms with Crippen molar-refractivity contribution >= 4 is 16.1 Å². The fraction of sp³-hybridized carbons (Fsp3) is 1.00. The van der Waals surface area contributed by atoms with Crippen LogP contribution in [-0.2, 0) is 0 Å². The molecule has 0 spiro atoms. The molecule has 0 aliphatic carbocycles. The predicted molar refractivity (Wildman–Crippen MR) is 79.4 cm³/mol. The van der Waals surface area contributed by atoms with Crippen molar-refractivity contribution in [3.05, 3.63) is 0 Å². The summed E-state index contributed by atoms with van der Waals surface area (Å²) in [5.41, 5.74) is 1.05. The Hall–Kier alpha value is 0.434. The molecule has 1 atom stereocenters. The molecule has 1 unspecified atom stereocenters. The second kappa shape index (κ2) is 6.24. The molecule has 0 aromatic rings. The van der Waals surface area contributed by atoms with Crippen molar-refractivity contribution in [1.82, 2.24) is 0 Å². The molecule has 0 saturated heterocycles. The number of hydrogen-bond donors (Lipinski definition) is 0. The second-order valence-corrected chi connectivity index (χ2v) is 17.1. The third-order valence-corrected chi connectivity index (χ3v) is 16.5. The maximum Gasteiger partial charge on any atom is 0.0524 e. The molecule has 0 aliphatic heterocycles. The van der Waals surface area contributed by atoms with Gasteiger partial charge in [0.05, 0.1) is 8.07 Å². The summed E-state index contributed by atoms with van der Waals surface area (Å²) in [7, 11) is -1.78. The van der Waals surface area contributed by atoms with Crippen LogP contribution in [0.3, 0.4) is 0 Å². The molecule has 0 fully saturated rings. The molecule has 15 heavy (non-hydrogen) atoms. The van der Waals surface area contributed by atoms with Gasteiger partial charge in [0.25, 0.3) is 0 Å². The summed E-state index contributed by atoms with van der Waals surface area (Å²) in [6.07, 6.45) is 0. The van der Waals surface area contributed by atoms with E-state index in [0.29, 0.717) is 0 Å². The summed E-state index contributed by atoms with van der Waals surface area (Å²) in [5.74, 6) is 0. The molecule has 2 heteroatoms. The molecular formula is C13H32Si2. The lowest BCUT2D eigenvalue weighted by Gasteiger charge is -2.37. The zero-order valence-corrected chi connectivity index (χ0v) is 14.1. The highest BCUT2D eigenvalue weighted by atomic mass is 28.3. The van der Waals surface area contributed by atoms with Crippen molar-refractivity contribution in [2.24, 2.45) is 0 Å². The average molecular weight is 245 g/mol. The molecule has 0 N–H and O–H groups in total. The lowest BCUT2D eigenvalue weighted by atomic mass is 10.5. The topological polar surface area (TPSA) is 0 Å². The van der Waals surface area contributed by atoms with Gasteiger partial charge < -0.3 is 0 Å². The first kappa shape index (κ1) is 15.4. The van der Waals surface area contributed by atoms with Gasteiger partial charge in [-0.05, 0) is 0 Å². The second-order valence-electron chi connectivity index (χ2n) is 5.98. The van der Waals surface area contributed by atoms with Crippen molar-refractivity contribution in [2.45, 2.75) is 83.5 Å². The minimum atomic E-state index is -0.908. The first-order chi connectivity index (χ1) is 6.87. The van der Waals surface area contributed by atoms with Gasteiger partial charge in [0.1, 0.15) is 0 Å². The van der Waals surface area contributed by atoms with E-state index < -0.39 is 16.1 Å². The Morgan fingerprint density at radius 2 is 1.20 bits per heavy atom. The SMILES string of the molecule is CC[Si](C)(CC)CC(C)[Si](C)(CC)CC. The molecule has 0 radical (unpaired) electrons. The summed E-state index contributed by atoms with van der Waals surface area (Å²) >= 11 is 0. The van der Waals surface area contributed by atoms with E-state index in [2.05, 4.69) is 47.7 Å². The summed E-state index contributed by atoms with van der Waals surface area (Å²) in [4.78, 5) is 0. The molecule has 0 aromatic carbocycles. The van der Waals surface area contributed by atoms with Crippen LogP contribution in [0, 0.1) is 0 Å². The molecule has 0 aliphatic rings. The van der Waals surface area contributed by atoms with E-state index in [0.717, 1.165) is 5.54 Å². The van der Waals surface area contributed by atoms with E-state index in [9.17, 15) is 0 Å². The van der Waals surface area contributed by atoms with E-state index in [1.54, 1.807) is 6.04 Å². The minimum Gasteiger partial charge on any atom is -0.0692 e. The van der Waals surface area contributed by atoms with Gasteiger partial charge in [-0.2, -0.15) is 0 Å². The Labute approximate surface area is 99.9 Å². The van der Waals surface area contributed by atoms with Crippen LogP contribution in [0.1, 0.15) is 34.6 Å². The summed E-state index contributed by atoms with van der Waals surface area (Å²) < 4.78 is 0. The lowest BCUT2D eigenvalue weighted by molar-refractivity contribution is 0.927. The molecule has 0 aromatic heterocycles. The molecular weight excluding hydrogens is 212 g/mol. The van der Waals surface area contributed by atoms with Crippen LogP contribution in [0.5, 0.6) is 0 Å². The fourth-order valence-corrected chi connectivity index (χ4v) is 10.4. The van der Waals surface area contributed by atoms with Crippen LogP contribution in [0.2, 0.25) is 48.9 Å². The van der Waals surface area contributed by atoms with Gasteiger partial charge in [-0.25, -0.2) is 0 Å². The van der Waals surface area contributed by atoms with Crippen molar-refractivity contribution < 1.29 is 0 Å². The quantitative estimate of drug-likeness (QED) is 0.510. The van der Waals surface area contributed by atoms with Crippen molar-refractivity contribution in [3.63, 3.8) is 0 Å². The van der Waals surface area contributed by atoms with Crippen molar-refractivity contribution in [1.29, 1.82) is 0 Å². The van der Waals surface area contributed by atoms with Crippen LogP contribution in [0.25, 0.3) is 0 Å². The highest BCUT2D eigenvalue weighted by Crippen LogP contribution is 2.38. The molecule has 0 nitrogen and oxygen atoms in total. The number of rotatable bonds is 7. The van der Waals surface area contributed by atoms with Crippen LogP contribution < -0.4 is 0 Å². The third kappa shape index (κ3) is 4.06. The molecule has 0 bridgehead atoms. The van der Waals surface area contributed by atoms with Crippen LogP contribution in [0.15, 0.2) is 0 Å². The largest absolute Gasteiger partial charge is 0.0692 e. The van der Waals surface area contributed by atoms with E-state index in [1.165, 1.54) is 24.2 Å². The van der Waals surface area contributed by atoms with E-state index in [-0.39, 0.29) is 0 Å². The average Bonchev–Trinajstić information content (AvgIpc) is 2.27. The summed E-state index contributed by atoms with van der Waals surface area (Å²) in [6.45, 7) is 17.5. The zero-order valence-electron chi connectivity index (χ0n) is 12.1. The van der Waals surface area contributed by atoms with Crippen LogP contribution in [-0.4, -0.2) is 16.1 Å². The summed E-state index contributed by atoms with van der Waals surface area (Å²) in [6, 6.07) is 7.49. The number of hydrogen-bond acceptors (Lipinski definition) is 0. The normalized spacial score (nSPS) is 15.4. The smallest absolute Gasteiger partial charge is 0.0524 e. The Balaban J connectivity index is 4.52. The monoisotopic (exact) mass is 244 g/mol. The van der Waals surface area contributed by atoms with Gasteiger partial charge in [0.2, 0.25) is 0 Å². The van der Waals surface area contributed by atoms with Gasteiger partial charge >= 0.3 is 0 Å². The third-order valence-electron chi connectivity index (χ3n) is 5.31. The first-order valence-corrected chi connectivity index (χ1v) is 13.0.